The van der Waals surface area contributed by atoms with Gasteiger partial charge in [0.1, 0.15) is 18.3 Å². The third-order valence-electron chi connectivity index (χ3n) is 3.54. The van der Waals surface area contributed by atoms with Crippen molar-refractivity contribution >= 4 is 11.5 Å². The van der Waals surface area contributed by atoms with Gasteiger partial charge in [0.05, 0.1) is 11.9 Å². The molecule has 0 bridgehead atoms. The van der Waals surface area contributed by atoms with Gasteiger partial charge in [-0.3, -0.25) is 0 Å². The Kier molecular flexibility index (Phi) is 2.96. The van der Waals surface area contributed by atoms with Crippen molar-refractivity contribution in [1.29, 1.82) is 0 Å². The van der Waals surface area contributed by atoms with Crippen LogP contribution >= 0.6 is 0 Å². The van der Waals surface area contributed by atoms with Crippen molar-refractivity contribution in [2.75, 3.05) is 23.7 Å². The molecule has 1 aromatic rings. The van der Waals surface area contributed by atoms with Gasteiger partial charge in [0.2, 0.25) is 6.29 Å². The minimum Gasteiger partial charge on any atom is -0.459 e. The summed E-state index contributed by atoms with van der Waals surface area (Å²) in [5, 5.41) is 0. The van der Waals surface area contributed by atoms with E-state index in [0.717, 1.165) is 31.6 Å². The zero-order chi connectivity index (χ0) is 12.4. The number of pyridine rings is 1. The molecule has 2 aliphatic rings. The molecule has 0 atom stereocenters. The van der Waals surface area contributed by atoms with Crippen LogP contribution in [0.4, 0.5) is 11.5 Å². The number of ether oxygens (including phenoxy) is 2. The highest BCUT2D eigenvalue weighted by atomic mass is 16.7. The van der Waals surface area contributed by atoms with Crippen LogP contribution in [-0.4, -0.2) is 24.4 Å². The van der Waals surface area contributed by atoms with Crippen LogP contribution in [0.5, 0.6) is 0 Å². The lowest BCUT2D eigenvalue weighted by Gasteiger charge is -2.34. The van der Waals surface area contributed by atoms with Crippen LogP contribution in [-0.2, 0) is 9.47 Å². The highest BCUT2D eigenvalue weighted by molar-refractivity contribution is 5.48. The van der Waals surface area contributed by atoms with Gasteiger partial charge in [0.25, 0.3) is 0 Å². The first kappa shape index (κ1) is 11.2. The maximum atomic E-state index is 5.59. The lowest BCUT2D eigenvalue weighted by atomic mass is 9.96. The van der Waals surface area contributed by atoms with E-state index in [1.54, 1.807) is 12.5 Å². The summed E-state index contributed by atoms with van der Waals surface area (Å²) in [5.74, 6) is 1.03. The highest BCUT2D eigenvalue weighted by Crippen LogP contribution is 2.28. The van der Waals surface area contributed by atoms with E-state index in [0.29, 0.717) is 11.7 Å². The molecule has 0 unspecified atom stereocenters. The molecular formula is C13H17N3O2. The minimum atomic E-state index is -0.0864. The van der Waals surface area contributed by atoms with E-state index in [2.05, 4.69) is 9.88 Å². The Balaban J connectivity index is 1.57. The number of rotatable bonds is 2. The number of nitrogens with two attached hydrogens (primary N) is 1. The second-order valence-electron chi connectivity index (χ2n) is 4.68. The predicted molar refractivity (Wildman–Crippen MR) is 68.7 cm³/mol. The molecule has 1 fully saturated rings. The molecule has 5 heteroatoms. The van der Waals surface area contributed by atoms with Gasteiger partial charge in [0.15, 0.2) is 0 Å². The Labute approximate surface area is 106 Å². The van der Waals surface area contributed by atoms with Crippen LogP contribution in [0.15, 0.2) is 30.9 Å². The highest BCUT2D eigenvalue weighted by Gasteiger charge is 2.29. The molecule has 2 aliphatic heterocycles. The molecule has 1 aromatic heterocycles. The summed E-state index contributed by atoms with van der Waals surface area (Å²) in [6, 6.07) is 3.86. The van der Waals surface area contributed by atoms with Crippen molar-refractivity contribution in [2.24, 2.45) is 5.92 Å². The molecule has 0 spiro atoms. The molecule has 0 amide bonds. The first-order valence-electron chi connectivity index (χ1n) is 6.25. The summed E-state index contributed by atoms with van der Waals surface area (Å²) in [7, 11) is 0. The molecule has 0 saturated carbocycles. The zero-order valence-corrected chi connectivity index (χ0v) is 10.2. The number of anilines is 2. The largest absolute Gasteiger partial charge is 0.459 e. The molecule has 1 saturated heterocycles. The molecular weight excluding hydrogens is 230 g/mol. The van der Waals surface area contributed by atoms with Gasteiger partial charge >= 0.3 is 0 Å². The topological polar surface area (TPSA) is 60.6 Å². The fourth-order valence-electron chi connectivity index (χ4n) is 2.49. The van der Waals surface area contributed by atoms with E-state index in [-0.39, 0.29) is 6.29 Å². The molecule has 3 rings (SSSR count). The molecule has 2 N–H and O–H groups in total. The van der Waals surface area contributed by atoms with Gasteiger partial charge < -0.3 is 20.1 Å². The Bertz CT molecular complexity index is 416. The van der Waals surface area contributed by atoms with Crippen LogP contribution in [0.3, 0.4) is 0 Å². The fourth-order valence-corrected chi connectivity index (χ4v) is 2.49. The first-order valence-corrected chi connectivity index (χ1v) is 6.25. The van der Waals surface area contributed by atoms with Crippen molar-refractivity contribution in [3.05, 3.63) is 30.9 Å². The number of hydrogen-bond acceptors (Lipinski definition) is 5. The number of aromatic nitrogens is 1. The quantitative estimate of drug-likeness (QED) is 0.862. The Hall–Kier alpha value is -1.91. The Morgan fingerprint density at radius 3 is 2.50 bits per heavy atom. The maximum Gasteiger partial charge on any atom is 0.242 e. The summed E-state index contributed by atoms with van der Waals surface area (Å²) in [4.78, 5) is 6.45. The monoisotopic (exact) mass is 247 g/mol. The summed E-state index contributed by atoms with van der Waals surface area (Å²) in [6.07, 6.45) is 7.13. The van der Waals surface area contributed by atoms with Crippen LogP contribution in [0.1, 0.15) is 12.8 Å². The van der Waals surface area contributed by atoms with Gasteiger partial charge in [0, 0.05) is 19.0 Å². The average molecular weight is 247 g/mol. The summed E-state index contributed by atoms with van der Waals surface area (Å²) in [6.45, 7) is 2.00. The molecule has 5 nitrogen and oxygen atoms in total. The summed E-state index contributed by atoms with van der Waals surface area (Å²) < 4.78 is 10.8. The van der Waals surface area contributed by atoms with Crippen LogP contribution in [0.2, 0.25) is 0 Å². The van der Waals surface area contributed by atoms with Crippen LogP contribution in [0.25, 0.3) is 0 Å². The van der Waals surface area contributed by atoms with Crippen LogP contribution < -0.4 is 10.6 Å². The number of piperidine rings is 1. The van der Waals surface area contributed by atoms with E-state index >= 15 is 0 Å². The van der Waals surface area contributed by atoms with Gasteiger partial charge in [-0.05, 0) is 25.0 Å². The molecule has 0 radical (unpaired) electrons. The van der Waals surface area contributed by atoms with E-state index in [1.165, 1.54) is 0 Å². The van der Waals surface area contributed by atoms with Crippen molar-refractivity contribution in [2.45, 2.75) is 19.1 Å². The molecule has 3 heterocycles. The standard InChI is InChI=1S/C13H17N3O2/c14-12-2-1-11(9-15-12)16-5-3-10(4-6-16)13-17-7-8-18-13/h1-2,7-10,13H,3-6H2,(H2,14,15). The normalized spacial score (nSPS) is 20.8. The van der Waals surface area contributed by atoms with Crippen LogP contribution in [0, 0.1) is 5.92 Å². The lowest BCUT2D eigenvalue weighted by Crippen LogP contribution is -2.38. The van der Waals surface area contributed by atoms with E-state index < -0.39 is 0 Å². The SMILES string of the molecule is Nc1ccc(N2CCC(C3OC=CO3)CC2)cn1. The smallest absolute Gasteiger partial charge is 0.242 e. The molecule has 0 aliphatic carbocycles. The third-order valence-corrected chi connectivity index (χ3v) is 3.54. The zero-order valence-electron chi connectivity index (χ0n) is 10.2. The predicted octanol–water partition coefficient (Wildman–Crippen LogP) is 1.72. The lowest BCUT2D eigenvalue weighted by molar-refractivity contribution is -0.0728. The van der Waals surface area contributed by atoms with Gasteiger partial charge in [-0.1, -0.05) is 0 Å². The Morgan fingerprint density at radius 2 is 1.89 bits per heavy atom. The number of hydrogen-bond donors (Lipinski definition) is 1. The molecule has 18 heavy (non-hydrogen) atoms. The third kappa shape index (κ3) is 2.20. The molecule has 96 valence electrons. The van der Waals surface area contributed by atoms with Crippen molar-refractivity contribution in [1.82, 2.24) is 4.98 Å². The number of nitrogens with zero attached hydrogens (tertiary/aromatic N) is 2. The van der Waals surface area contributed by atoms with E-state index in [9.17, 15) is 0 Å². The average Bonchev–Trinajstić information content (AvgIpc) is 2.94. The second kappa shape index (κ2) is 4.76. The first-order chi connectivity index (χ1) is 8.83. The van der Waals surface area contributed by atoms with Gasteiger partial charge in [-0.2, -0.15) is 0 Å². The second-order valence-corrected chi connectivity index (χ2v) is 4.68. The summed E-state index contributed by atoms with van der Waals surface area (Å²) in [5.41, 5.74) is 6.72. The van der Waals surface area contributed by atoms with Gasteiger partial charge in [-0.25, -0.2) is 4.98 Å². The Morgan fingerprint density at radius 1 is 1.17 bits per heavy atom. The van der Waals surface area contributed by atoms with Gasteiger partial charge in [-0.15, -0.1) is 0 Å². The van der Waals surface area contributed by atoms with Crippen molar-refractivity contribution in [3.63, 3.8) is 0 Å². The number of nitrogen functional groups attached to an aromatic ring is 1. The van der Waals surface area contributed by atoms with Crippen molar-refractivity contribution < 1.29 is 9.47 Å². The van der Waals surface area contributed by atoms with E-state index in [4.69, 9.17) is 15.2 Å². The summed E-state index contributed by atoms with van der Waals surface area (Å²) >= 11 is 0. The molecule has 0 aromatic carbocycles. The maximum absolute atomic E-state index is 5.59. The van der Waals surface area contributed by atoms with E-state index in [1.807, 2.05) is 18.3 Å². The minimum absolute atomic E-state index is 0.0864. The van der Waals surface area contributed by atoms with Crippen molar-refractivity contribution in [3.8, 4) is 0 Å². The fraction of sp³-hybridized carbons (Fsp3) is 0.462.